The smallest absolute Gasteiger partial charge is 0.275 e. The molecule has 24 heavy (non-hydrogen) atoms. The maximum absolute atomic E-state index is 12.4. The quantitative estimate of drug-likeness (QED) is 0.790. The zero-order chi connectivity index (χ0) is 16.8. The van der Waals surface area contributed by atoms with Crippen molar-refractivity contribution in [1.82, 2.24) is 19.9 Å². The maximum atomic E-state index is 12.4. The standard InChI is InChI=1S/C17H22N4O3/c1-20(11-15-13-23-9-10-24-15)17(22)16-12-21(19-18-16)8-7-14-5-3-2-4-6-14/h2-6,12,15H,7-11,13H2,1H3. The number of amides is 1. The Morgan fingerprint density at radius 2 is 2.17 bits per heavy atom. The van der Waals surface area contributed by atoms with Crippen LogP contribution < -0.4 is 0 Å². The Balaban J connectivity index is 1.52. The fraction of sp³-hybridized carbons (Fsp3) is 0.471. The van der Waals surface area contributed by atoms with Crippen molar-refractivity contribution in [3.8, 4) is 0 Å². The van der Waals surface area contributed by atoms with E-state index >= 15 is 0 Å². The van der Waals surface area contributed by atoms with Crippen LogP contribution in [-0.2, 0) is 22.4 Å². The Hall–Kier alpha value is -2.25. The second-order valence-corrected chi connectivity index (χ2v) is 5.86. The predicted molar refractivity (Wildman–Crippen MR) is 87.7 cm³/mol. The SMILES string of the molecule is CN(CC1COCCO1)C(=O)c1cn(CCc2ccccc2)nn1. The highest BCUT2D eigenvalue weighted by Crippen LogP contribution is 2.06. The second-order valence-electron chi connectivity index (χ2n) is 5.86. The van der Waals surface area contributed by atoms with Crippen LogP contribution in [0.4, 0.5) is 0 Å². The molecular formula is C17H22N4O3. The molecule has 1 unspecified atom stereocenters. The summed E-state index contributed by atoms with van der Waals surface area (Å²) in [5, 5.41) is 8.04. The molecule has 7 nitrogen and oxygen atoms in total. The Labute approximate surface area is 141 Å². The fourth-order valence-corrected chi connectivity index (χ4v) is 2.62. The van der Waals surface area contributed by atoms with Gasteiger partial charge in [0.2, 0.25) is 0 Å². The van der Waals surface area contributed by atoms with Crippen molar-refractivity contribution < 1.29 is 14.3 Å². The summed E-state index contributed by atoms with van der Waals surface area (Å²) in [5.74, 6) is -0.157. The van der Waals surface area contributed by atoms with Crippen LogP contribution in [0.15, 0.2) is 36.5 Å². The topological polar surface area (TPSA) is 69.5 Å². The lowest BCUT2D eigenvalue weighted by atomic mass is 10.1. The van der Waals surface area contributed by atoms with Crippen molar-refractivity contribution in [2.45, 2.75) is 19.1 Å². The van der Waals surface area contributed by atoms with Gasteiger partial charge in [0.05, 0.1) is 32.1 Å². The molecular weight excluding hydrogens is 308 g/mol. The second kappa shape index (κ2) is 8.03. The zero-order valence-electron chi connectivity index (χ0n) is 13.8. The molecule has 1 aromatic heterocycles. The average Bonchev–Trinajstić information content (AvgIpc) is 3.10. The summed E-state index contributed by atoms with van der Waals surface area (Å²) in [6, 6.07) is 10.2. The first kappa shape index (κ1) is 16.6. The highest BCUT2D eigenvalue weighted by atomic mass is 16.6. The molecule has 0 bridgehead atoms. The summed E-state index contributed by atoms with van der Waals surface area (Å²) in [6.07, 6.45) is 2.46. The highest BCUT2D eigenvalue weighted by Gasteiger charge is 2.21. The van der Waals surface area contributed by atoms with Gasteiger partial charge in [-0.1, -0.05) is 35.5 Å². The maximum Gasteiger partial charge on any atom is 0.275 e. The third-order valence-electron chi connectivity index (χ3n) is 3.94. The predicted octanol–water partition coefficient (Wildman–Crippen LogP) is 1.01. The minimum absolute atomic E-state index is 0.0826. The van der Waals surface area contributed by atoms with Crippen LogP contribution in [0.3, 0.4) is 0 Å². The monoisotopic (exact) mass is 330 g/mol. The first-order chi connectivity index (χ1) is 11.7. The van der Waals surface area contributed by atoms with Gasteiger partial charge in [-0.3, -0.25) is 9.48 Å². The zero-order valence-corrected chi connectivity index (χ0v) is 13.8. The van der Waals surface area contributed by atoms with E-state index in [9.17, 15) is 4.79 Å². The summed E-state index contributed by atoms with van der Waals surface area (Å²) in [7, 11) is 1.74. The number of ether oxygens (including phenoxy) is 2. The van der Waals surface area contributed by atoms with Gasteiger partial charge >= 0.3 is 0 Å². The molecule has 1 saturated heterocycles. The van der Waals surface area contributed by atoms with Crippen molar-refractivity contribution in [2.24, 2.45) is 0 Å². The lowest BCUT2D eigenvalue weighted by Crippen LogP contribution is -2.40. The van der Waals surface area contributed by atoms with E-state index in [4.69, 9.17) is 9.47 Å². The van der Waals surface area contributed by atoms with E-state index in [-0.39, 0.29) is 12.0 Å². The number of hydrogen-bond donors (Lipinski definition) is 0. The molecule has 1 amide bonds. The number of rotatable bonds is 6. The summed E-state index contributed by atoms with van der Waals surface area (Å²) in [5.41, 5.74) is 1.58. The molecule has 2 heterocycles. The summed E-state index contributed by atoms with van der Waals surface area (Å²) in [6.45, 7) is 2.87. The molecule has 128 valence electrons. The molecule has 7 heteroatoms. The molecule has 0 radical (unpaired) electrons. The lowest BCUT2D eigenvalue weighted by molar-refractivity contribution is -0.0933. The molecule has 0 aliphatic carbocycles. The van der Waals surface area contributed by atoms with Crippen LogP contribution in [-0.4, -0.2) is 65.3 Å². The number of likely N-dealkylation sites (N-methyl/N-ethyl adjacent to an activating group) is 1. The lowest BCUT2D eigenvalue weighted by Gasteiger charge is -2.27. The van der Waals surface area contributed by atoms with Crippen LogP contribution in [0.5, 0.6) is 0 Å². The third-order valence-corrected chi connectivity index (χ3v) is 3.94. The molecule has 2 aromatic rings. The van der Waals surface area contributed by atoms with Gasteiger partial charge in [0.1, 0.15) is 0 Å². The van der Waals surface area contributed by atoms with Crippen molar-refractivity contribution in [2.75, 3.05) is 33.4 Å². The van der Waals surface area contributed by atoms with Crippen molar-refractivity contribution in [1.29, 1.82) is 0 Å². The number of benzene rings is 1. The Kier molecular flexibility index (Phi) is 5.55. The Morgan fingerprint density at radius 3 is 2.92 bits per heavy atom. The van der Waals surface area contributed by atoms with E-state index in [0.29, 0.717) is 38.6 Å². The number of carbonyl (C=O) groups excluding carboxylic acids is 1. The normalized spacial score (nSPS) is 17.6. The summed E-state index contributed by atoms with van der Waals surface area (Å²) in [4.78, 5) is 14.0. The Bertz CT molecular complexity index is 653. The molecule has 1 aliphatic rings. The van der Waals surface area contributed by atoms with E-state index in [2.05, 4.69) is 22.4 Å². The van der Waals surface area contributed by atoms with Gasteiger partial charge in [0, 0.05) is 20.1 Å². The van der Waals surface area contributed by atoms with E-state index in [1.165, 1.54) is 5.56 Å². The summed E-state index contributed by atoms with van der Waals surface area (Å²) < 4.78 is 12.6. The largest absolute Gasteiger partial charge is 0.376 e. The molecule has 1 atom stereocenters. The van der Waals surface area contributed by atoms with Crippen LogP contribution in [0, 0.1) is 0 Å². The van der Waals surface area contributed by atoms with Gasteiger partial charge in [-0.25, -0.2) is 0 Å². The van der Waals surface area contributed by atoms with Gasteiger partial charge in [-0.05, 0) is 12.0 Å². The Morgan fingerprint density at radius 1 is 1.33 bits per heavy atom. The molecule has 1 aromatic carbocycles. The van der Waals surface area contributed by atoms with E-state index in [0.717, 1.165) is 6.42 Å². The molecule has 3 rings (SSSR count). The van der Waals surface area contributed by atoms with E-state index in [1.54, 1.807) is 22.8 Å². The van der Waals surface area contributed by atoms with Crippen LogP contribution in [0.2, 0.25) is 0 Å². The van der Waals surface area contributed by atoms with E-state index in [1.807, 2.05) is 18.2 Å². The number of aryl methyl sites for hydroxylation is 2. The number of carbonyl (C=O) groups is 1. The van der Waals surface area contributed by atoms with Gasteiger partial charge in [0.15, 0.2) is 5.69 Å². The molecule has 0 N–H and O–H groups in total. The third kappa shape index (κ3) is 4.39. The summed E-state index contributed by atoms with van der Waals surface area (Å²) >= 11 is 0. The number of nitrogens with zero attached hydrogens (tertiary/aromatic N) is 4. The van der Waals surface area contributed by atoms with E-state index < -0.39 is 0 Å². The van der Waals surface area contributed by atoms with Gasteiger partial charge < -0.3 is 14.4 Å². The number of aromatic nitrogens is 3. The number of hydrogen-bond acceptors (Lipinski definition) is 5. The van der Waals surface area contributed by atoms with Crippen LogP contribution in [0.1, 0.15) is 16.1 Å². The fourth-order valence-electron chi connectivity index (χ4n) is 2.62. The van der Waals surface area contributed by atoms with Gasteiger partial charge in [-0.2, -0.15) is 0 Å². The first-order valence-electron chi connectivity index (χ1n) is 8.11. The van der Waals surface area contributed by atoms with Crippen LogP contribution in [0.25, 0.3) is 0 Å². The molecule has 1 fully saturated rings. The molecule has 0 saturated carbocycles. The van der Waals surface area contributed by atoms with Crippen molar-refractivity contribution in [3.63, 3.8) is 0 Å². The average molecular weight is 330 g/mol. The van der Waals surface area contributed by atoms with Gasteiger partial charge in [-0.15, -0.1) is 5.10 Å². The minimum Gasteiger partial charge on any atom is -0.376 e. The molecule has 0 spiro atoms. The van der Waals surface area contributed by atoms with Gasteiger partial charge in [0.25, 0.3) is 5.91 Å². The first-order valence-corrected chi connectivity index (χ1v) is 8.11. The van der Waals surface area contributed by atoms with Crippen molar-refractivity contribution >= 4 is 5.91 Å². The minimum atomic E-state index is -0.157. The molecule has 1 aliphatic heterocycles. The van der Waals surface area contributed by atoms with Crippen molar-refractivity contribution in [3.05, 3.63) is 47.8 Å². The highest BCUT2D eigenvalue weighted by molar-refractivity contribution is 5.91. The van der Waals surface area contributed by atoms with Crippen LogP contribution >= 0.6 is 0 Å².